The summed E-state index contributed by atoms with van der Waals surface area (Å²) in [7, 11) is -0.828. The molecule has 3 aromatic rings. The van der Waals surface area contributed by atoms with Crippen LogP contribution in [0.5, 0.6) is 0 Å². The highest BCUT2D eigenvalue weighted by molar-refractivity contribution is 6.63. The van der Waals surface area contributed by atoms with Crippen molar-refractivity contribution < 1.29 is 23.0 Å². The van der Waals surface area contributed by atoms with Gasteiger partial charge < -0.3 is 23.0 Å². The maximum atomic E-state index is 6.24. The molecule has 5 rings (SSSR count). The van der Waals surface area contributed by atoms with Crippen LogP contribution in [0.3, 0.4) is 0 Å². The van der Waals surface area contributed by atoms with Crippen molar-refractivity contribution >= 4 is 47.1 Å². The van der Waals surface area contributed by atoms with Crippen molar-refractivity contribution in [2.45, 2.75) is 77.8 Å². The second-order valence-corrected chi connectivity index (χ2v) is 10.8. The number of benzene rings is 2. The third-order valence-electron chi connectivity index (χ3n) is 7.57. The van der Waals surface area contributed by atoms with Gasteiger partial charge in [0.15, 0.2) is 0 Å². The number of rotatable bonds is 2. The fourth-order valence-corrected chi connectivity index (χ4v) is 4.06. The predicted molar refractivity (Wildman–Crippen MR) is 125 cm³/mol. The van der Waals surface area contributed by atoms with Gasteiger partial charge in [0, 0.05) is 10.8 Å². The number of furan rings is 1. The van der Waals surface area contributed by atoms with Gasteiger partial charge in [-0.2, -0.15) is 0 Å². The summed E-state index contributed by atoms with van der Waals surface area (Å²) in [5.41, 5.74) is 2.03. The molecule has 2 aromatic carbocycles. The van der Waals surface area contributed by atoms with Crippen LogP contribution in [-0.2, 0) is 18.6 Å². The lowest BCUT2D eigenvalue weighted by molar-refractivity contribution is 0.00578. The molecule has 0 atom stereocenters. The first-order valence-electron chi connectivity index (χ1n) is 11.0. The highest BCUT2D eigenvalue weighted by atomic mass is 16.7. The maximum absolute atomic E-state index is 6.24. The Morgan fingerprint density at radius 2 is 0.839 bits per heavy atom. The molecule has 2 fully saturated rings. The monoisotopic (exact) mass is 420 g/mol. The molecule has 31 heavy (non-hydrogen) atoms. The molecule has 2 aliphatic rings. The average Bonchev–Trinajstić information content (AvgIpc) is 3.20. The molecule has 2 saturated heterocycles. The van der Waals surface area contributed by atoms with Gasteiger partial charge in [-0.1, -0.05) is 24.3 Å². The summed E-state index contributed by atoms with van der Waals surface area (Å²) in [6.45, 7) is 16.5. The number of fused-ring (bicyclic) bond motifs is 3. The summed E-state index contributed by atoms with van der Waals surface area (Å²) in [6, 6.07) is 12.3. The normalized spacial score (nSPS) is 23.9. The summed E-state index contributed by atoms with van der Waals surface area (Å²) in [5.74, 6) is 0. The van der Waals surface area contributed by atoms with Crippen molar-refractivity contribution in [3.63, 3.8) is 0 Å². The molecule has 0 radical (unpaired) electrons. The smallest absolute Gasteiger partial charge is 0.456 e. The quantitative estimate of drug-likeness (QED) is 0.583. The predicted octanol–water partition coefficient (Wildman–Crippen LogP) is 4.18. The fourth-order valence-electron chi connectivity index (χ4n) is 4.06. The second-order valence-electron chi connectivity index (χ2n) is 10.8. The summed E-state index contributed by atoms with van der Waals surface area (Å²) in [4.78, 5) is 0. The number of hydrogen-bond donors (Lipinski definition) is 0. The lowest BCUT2D eigenvalue weighted by Gasteiger charge is -2.32. The van der Waals surface area contributed by atoms with E-state index in [0.29, 0.717) is 0 Å². The zero-order valence-electron chi connectivity index (χ0n) is 19.7. The van der Waals surface area contributed by atoms with E-state index < -0.39 is 14.2 Å². The van der Waals surface area contributed by atoms with E-state index in [1.54, 1.807) is 0 Å². The lowest BCUT2D eigenvalue weighted by Crippen LogP contribution is -2.41. The van der Waals surface area contributed by atoms with Crippen LogP contribution in [0.25, 0.3) is 21.9 Å². The summed E-state index contributed by atoms with van der Waals surface area (Å²) in [5, 5.41) is 2.13. The zero-order valence-corrected chi connectivity index (χ0v) is 19.7. The highest BCUT2D eigenvalue weighted by Gasteiger charge is 2.52. The minimum atomic E-state index is -0.414. The largest absolute Gasteiger partial charge is 0.494 e. The Kier molecular flexibility index (Phi) is 4.34. The topological polar surface area (TPSA) is 50.1 Å². The van der Waals surface area contributed by atoms with Crippen LogP contribution in [0.2, 0.25) is 0 Å². The van der Waals surface area contributed by atoms with Crippen molar-refractivity contribution in [3.05, 3.63) is 36.4 Å². The van der Waals surface area contributed by atoms with Gasteiger partial charge in [0.1, 0.15) is 11.2 Å². The van der Waals surface area contributed by atoms with E-state index >= 15 is 0 Å². The van der Waals surface area contributed by atoms with E-state index in [1.807, 2.05) is 12.1 Å². The van der Waals surface area contributed by atoms with Crippen molar-refractivity contribution in [1.29, 1.82) is 0 Å². The van der Waals surface area contributed by atoms with Gasteiger partial charge in [-0.25, -0.2) is 0 Å². The third kappa shape index (κ3) is 3.17. The van der Waals surface area contributed by atoms with Crippen molar-refractivity contribution in [3.8, 4) is 0 Å². The third-order valence-corrected chi connectivity index (χ3v) is 7.57. The molecule has 2 aliphatic heterocycles. The first-order chi connectivity index (χ1) is 14.3. The first-order valence-corrected chi connectivity index (χ1v) is 11.0. The Morgan fingerprint density at radius 3 is 1.16 bits per heavy atom. The van der Waals surface area contributed by atoms with Crippen molar-refractivity contribution in [1.82, 2.24) is 0 Å². The minimum absolute atomic E-state index is 0.377. The van der Waals surface area contributed by atoms with Crippen LogP contribution in [0.15, 0.2) is 40.8 Å². The van der Waals surface area contributed by atoms with Gasteiger partial charge in [0.05, 0.1) is 22.4 Å². The van der Waals surface area contributed by atoms with Crippen molar-refractivity contribution in [2.75, 3.05) is 0 Å². The lowest BCUT2D eigenvalue weighted by atomic mass is 9.78. The molecule has 0 aliphatic carbocycles. The minimum Gasteiger partial charge on any atom is -0.456 e. The zero-order chi connectivity index (χ0) is 22.4. The first kappa shape index (κ1) is 21.1. The Bertz CT molecular complexity index is 1060. The molecule has 162 valence electrons. The highest BCUT2D eigenvalue weighted by Crippen LogP contribution is 2.38. The van der Waals surface area contributed by atoms with Gasteiger partial charge in [-0.05, 0) is 78.4 Å². The Morgan fingerprint density at radius 1 is 0.516 bits per heavy atom. The molecule has 5 nitrogen and oxygen atoms in total. The molecule has 0 saturated carbocycles. The summed E-state index contributed by atoms with van der Waals surface area (Å²) in [6.07, 6.45) is 0. The van der Waals surface area contributed by atoms with Crippen LogP contribution >= 0.6 is 0 Å². The fraction of sp³-hybridized carbons (Fsp3) is 0.500. The Labute approximate surface area is 184 Å². The van der Waals surface area contributed by atoms with E-state index in [0.717, 1.165) is 32.9 Å². The molecule has 0 spiro atoms. The van der Waals surface area contributed by atoms with Gasteiger partial charge in [-0.3, -0.25) is 0 Å². The molecule has 0 bridgehead atoms. The molecule has 0 amide bonds. The molecule has 0 N–H and O–H groups in total. The molecule has 7 heteroatoms. The van der Waals surface area contributed by atoms with Gasteiger partial charge in [0.25, 0.3) is 0 Å². The SMILES string of the molecule is CC1(C)OB(c2ccc3c(c2)oc2cc(B4OC(C)(C)C(C)(C)O4)ccc23)OC1(C)C. The molecule has 3 heterocycles. The van der Waals surface area contributed by atoms with Crippen LogP contribution < -0.4 is 10.9 Å². The molecule has 1 aromatic heterocycles. The van der Waals surface area contributed by atoms with E-state index in [1.165, 1.54) is 0 Å². The Hall–Kier alpha value is -1.79. The average molecular weight is 420 g/mol. The van der Waals surface area contributed by atoms with Gasteiger partial charge in [0.2, 0.25) is 0 Å². The van der Waals surface area contributed by atoms with Crippen LogP contribution in [0.1, 0.15) is 55.4 Å². The van der Waals surface area contributed by atoms with Gasteiger partial charge in [-0.15, -0.1) is 0 Å². The summed E-state index contributed by atoms with van der Waals surface area (Å²) >= 11 is 0. The Balaban J connectivity index is 1.49. The van der Waals surface area contributed by atoms with Crippen LogP contribution in [0.4, 0.5) is 0 Å². The van der Waals surface area contributed by atoms with Crippen LogP contribution in [-0.4, -0.2) is 36.6 Å². The van der Waals surface area contributed by atoms with Gasteiger partial charge >= 0.3 is 14.2 Å². The van der Waals surface area contributed by atoms with E-state index in [4.69, 9.17) is 23.0 Å². The maximum Gasteiger partial charge on any atom is 0.494 e. The molecule has 0 unspecified atom stereocenters. The molecular weight excluding hydrogens is 390 g/mol. The number of hydrogen-bond acceptors (Lipinski definition) is 5. The van der Waals surface area contributed by atoms with Crippen LogP contribution in [0, 0.1) is 0 Å². The molecular formula is C24H30B2O5. The van der Waals surface area contributed by atoms with E-state index in [-0.39, 0.29) is 22.4 Å². The standard InChI is InChI=1S/C24H30B2O5/c1-21(2)22(3,4)29-25(28-21)15-9-11-17-18-12-10-16(14-20(18)27-19(17)13-15)26-30-23(5,6)24(7,8)31-26/h9-14H,1-8H3. The second kappa shape index (κ2) is 6.38. The van der Waals surface area contributed by atoms with Crippen molar-refractivity contribution in [2.24, 2.45) is 0 Å². The summed E-state index contributed by atoms with van der Waals surface area (Å²) < 4.78 is 31.0. The van der Waals surface area contributed by atoms with E-state index in [9.17, 15) is 0 Å². The van der Waals surface area contributed by atoms with E-state index in [2.05, 4.69) is 79.7 Å².